The molecule has 1 rings (SSSR count). The third-order valence-electron chi connectivity index (χ3n) is 10.4. The van der Waals surface area contributed by atoms with Gasteiger partial charge in [-0.25, -0.2) is 0 Å². The van der Waals surface area contributed by atoms with Crippen molar-refractivity contribution in [3.05, 3.63) is 48.6 Å². The Hall–Kier alpha value is -1.85. The summed E-state index contributed by atoms with van der Waals surface area (Å²) in [6.07, 6.45) is 38.6. The van der Waals surface area contributed by atoms with Crippen molar-refractivity contribution in [1.29, 1.82) is 0 Å². The van der Waals surface area contributed by atoms with E-state index in [2.05, 4.69) is 55.6 Å². The highest BCUT2D eigenvalue weighted by Crippen LogP contribution is 2.22. The molecule has 6 N–H and O–H groups in total. The standard InChI is InChI=1S/C46H83NO8/c1-3-5-7-9-11-13-15-17-18-19-20-21-22-24-26-28-30-32-34-36-42(50)47-39(38-54-46-45(53)44(52)43(51)41(37-48)55-46)40(49)35-33-31-29-27-25-23-16-14-12-10-8-6-4-2/h11,13,17-18,20-21,33,35,39-41,43-46,48-49,51-53H,3-10,12,14-16,19,22-32,34,36-38H2,1-2H3,(H,47,50)/b13-11-,18-17-,21-20-,35-33+. The van der Waals surface area contributed by atoms with Crippen LogP contribution in [0.15, 0.2) is 48.6 Å². The highest BCUT2D eigenvalue weighted by atomic mass is 16.7. The van der Waals surface area contributed by atoms with Gasteiger partial charge < -0.3 is 40.3 Å². The molecule has 7 atom stereocenters. The van der Waals surface area contributed by atoms with Gasteiger partial charge in [-0.1, -0.05) is 165 Å². The Morgan fingerprint density at radius 2 is 1.07 bits per heavy atom. The molecule has 1 aliphatic rings. The number of hydrogen-bond acceptors (Lipinski definition) is 8. The molecule has 0 aromatic rings. The normalized spacial score (nSPS) is 21.8. The molecule has 0 spiro atoms. The molecule has 9 heteroatoms. The van der Waals surface area contributed by atoms with Gasteiger partial charge in [0.15, 0.2) is 6.29 Å². The van der Waals surface area contributed by atoms with Crippen molar-refractivity contribution in [2.75, 3.05) is 13.2 Å². The second-order valence-corrected chi connectivity index (χ2v) is 15.5. The van der Waals surface area contributed by atoms with E-state index < -0.39 is 49.5 Å². The number of ether oxygens (including phenoxy) is 2. The molecular weight excluding hydrogens is 695 g/mol. The first-order valence-electron chi connectivity index (χ1n) is 22.4. The fourth-order valence-electron chi connectivity index (χ4n) is 6.75. The Morgan fingerprint density at radius 3 is 1.62 bits per heavy atom. The van der Waals surface area contributed by atoms with Crippen molar-refractivity contribution in [3.63, 3.8) is 0 Å². The second kappa shape index (κ2) is 36.5. The summed E-state index contributed by atoms with van der Waals surface area (Å²) in [4.78, 5) is 12.9. The fraction of sp³-hybridized carbons (Fsp3) is 0.804. The van der Waals surface area contributed by atoms with Crippen LogP contribution in [-0.2, 0) is 14.3 Å². The van der Waals surface area contributed by atoms with Gasteiger partial charge in [0.2, 0.25) is 5.91 Å². The van der Waals surface area contributed by atoms with Crippen LogP contribution in [0, 0.1) is 0 Å². The number of carbonyl (C=O) groups is 1. The summed E-state index contributed by atoms with van der Waals surface area (Å²) >= 11 is 0. The SMILES string of the molecule is CCCCC/C=C\C/C=C\C/C=C\CCCCCCCCC(=O)NC(COC1OC(CO)C(O)C(O)C1O)C(O)/C=C/CCCCCCCCCCCCC. The maximum absolute atomic E-state index is 12.9. The first kappa shape index (κ1) is 51.2. The van der Waals surface area contributed by atoms with Crippen molar-refractivity contribution in [3.8, 4) is 0 Å². The molecule has 0 aromatic carbocycles. The van der Waals surface area contributed by atoms with Crippen molar-refractivity contribution in [1.82, 2.24) is 5.32 Å². The van der Waals surface area contributed by atoms with E-state index in [0.717, 1.165) is 64.2 Å². The Balaban J connectivity index is 2.38. The van der Waals surface area contributed by atoms with Gasteiger partial charge in [0.05, 0.1) is 25.4 Å². The monoisotopic (exact) mass is 778 g/mol. The van der Waals surface area contributed by atoms with Crippen LogP contribution < -0.4 is 5.32 Å². The summed E-state index contributed by atoms with van der Waals surface area (Å²) in [7, 11) is 0. The molecule has 0 aliphatic carbocycles. The lowest BCUT2D eigenvalue weighted by atomic mass is 9.99. The molecule has 1 fully saturated rings. The second-order valence-electron chi connectivity index (χ2n) is 15.5. The zero-order chi connectivity index (χ0) is 40.2. The molecule has 1 amide bonds. The summed E-state index contributed by atoms with van der Waals surface area (Å²) in [6, 6.07) is -0.811. The minimum Gasteiger partial charge on any atom is -0.394 e. The van der Waals surface area contributed by atoms with Crippen LogP contribution in [0.5, 0.6) is 0 Å². The first-order valence-corrected chi connectivity index (χ1v) is 22.4. The lowest BCUT2D eigenvalue weighted by Gasteiger charge is -2.40. The van der Waals surface area contributed by atoms with Crippen LogP contribution in [-0.4, -0.2) is 87.5 Å². The highest BCUT2D eigenvalue weighted by Gasteiger charge is 2.44. The lowest BCUT2D eigenvalue weighted by molar-refractivity contribution is -0.302. The topological polar surface area (TPSA) is 149 Å². The van der Waals surface area contributed by atoms with E-state index >= 15 is 0 Å². The maximum atomic E-state index is 12.9. The summed E-state index contributed by atoms with van der Waals surface area (Å²) in [5.74, 6) is -0.192. The first-order chi connectivity index (χ1) is 26.8. The number of aliphatic hydroxyl groups excluding tert-OH is 5. The van der Waals surface area contributed by atoms with Crippen molar-refractivity contribution >= 4 is 5.91 Å². The van der Waals surface area contributed by atoms with E-state index in [1.165, 1.54) is 96.3 Å². The van der Waals surface area contributed by atoms with E-state index in [-0.39, 0.29) is 12.5 Å². The number of hydrogen-bond donors (Lipinski definition) is 6. The number of rotatable bonds is 36. The highest BCUT2D eigenvalue weighted by molar-refractivity contribution is 5.76. The maximum Gasteiger partial charge on any atom is 0.220 e. The Bertz CT molecular complexity index is 998. The minimum absolute atomic E-state index is 0.192. The minimum atomic E-state index is -1.57. The van der Waals surface area contributed by atoms with Crippen LogP contribution in [0.3, 0.4) is 0 Å². The Kier molecular flexibility index (Phi) is 33.9. The predicted octanol–water partition coefficient (Wildman–Crippen LogP) is 9.06. The van der Waals surface area contributed by atoms with Gasteiger partial charge in [0.25, 0.3) is 0 Å². The predicted molar refractivity (Wildman–Crippen MR) is 226 cm³/mol. The molecule has 1 heterocycles. The molecule has 0 saturated carbocycles. The molecule has 0 bridgehead atoms. The number of carbonyl (C=O) groups excluding carboxylic acids is 1. The van der Waals surface area contributed by atoms with E-state index in [4.69, 9.17) is 9.47 Å². The molecular formula is C46H83NO8. The zero-order valence-electron chi connectivity index (χ0n) is 34.9. The van der Waals surface area contributed by atoms with E-state index in [0.29, 0.717) is 6.42 Å². The number of amides is 1. The van der Waals surface area contributed by atoms with Crippen LogP contribution >= 0.6 is 0 Å². The third-order valence-corrected chi connectivity index (χ3v) is 10.4. The smallest absolute Gasteiger partial charge is 0.220 e. The third kappa shape index (κ3) is 27.4. The molecule has 7 unspecified atom stereocenters. The molecule has 9 nitrogen and oxygen atoms in total. The van der Waals surface area contributed by atoms with E-state index in [9.17, 15) is 30.3 Å². The van der Waals surface area contributed by atoms with E-state index in [1.807, 2.05) is 6.08 Å². The summed E-state index contributed by atoms with van der Waals surface area (Å²) in [5.41, 5.74) is 0. The largest absolute Gasteiger partial charge is 0.394 e. The Labute approximate surface area is 335 Å². The fourth-order valence-corrected chi connectivity index (χ4v) is 6.75. The average molecular weight is 778 g/mol. The molecule has 0 radical (unpaired) electrons. The lowest BCUT2D eigenvalue weighted by Crippen LogP contribution is -2.60. The number of aliphatic hydroxyl groups is 5. The average Bonchev–Trinajstić information content (AvgIpc) is 3.18. The molecule has 1 saturated heterocycles. The van der Waals surface area contributed by atoms with Crippen LogP contribution in [0.25, 0.3) is 0 Å². The molecule has 1 aliphatic heterocycles. The zero-order valence-corrected chi connectivity index (χ0v) is 34.9. The van der Waals surface area contributed by atoms with Crippen LogP contribution in [0.4, 0.5) is 0 Å². The number of allylic oxidation sites excluding steroid dienone is 7. The van der Waals surface area contributed by atoms with Gasteiger partial charge >= 0.3 is 0 Å². The molecule has 320 valence electrons. The molecule has 0 aromatic heterocycles. The Morgan fingerprint density at radius 1 is 0.618 bits per heavy atom. The number of unbranched alkanes of at least 4 members (excludes halogenated alkanes) is 20. The van der Waals surface area contributed by atoms with Gasteiger partial charge in [-0.05, 0) is 57.8 Å². The van der Waals surface area contributed by atoms with Crippen molar-refractivity contribution in [2.45, 2.75) is 224 Å². The summed E-state index contributed by atoms with van der Waals surface area (Å²) in [6.45, 7) is 3.72. The summed E-state index contributed by atoms with van der Waals surface area (Å²) < 4.78 is 11.2. The van der Waals surface area contributed by atoms with E-state index in [1.54, 1.807) is 6.08 Å². The summed E-state index contributed by atoms with van der Waals surface area (Å²) in [5, 5.41) is 54.1. The van der Waals surface area contributed by atoms with Gasteiger partial charge in [-0.15, -0.1) is 0 Å². The van der Waals surface area contributed by atoms with Crippen molar-refractivity contribution in [2.24, 2.45) is 0 Å². The van der Waals surface area contributed by atoms with Gasteiger partial charge in [0, 0.05) is 6.42 Å². The van der Waals surface area contributed by atoms with Gasteiger partial charge in [0.1, 0.15) is 24.4 Å². The van der Waals surface area contributed by atoms with Gasteiger partial charge in [-0.2, -0.15) is 0 Å². The van der Waals surface area contributed by atoms with Gasteiger partial charge in [-0.3, -0.25) is 4.79 Å². The van der Waals surface area contributed by atoms with Crippen LogP contribution in [0.2, 0.25) is 0 Å². The van der Waals surface area contributed by atoms with Crippen molar-refractivity contribution < 1.29 is 39.8 Å². The molecule has 55 heavy (non-hydrogen) atoms. The quantitative estimate of drug-likeness (QED) is 0.0273. The number of nitrogens with one attached hydrogen (secondary N) is 1. The van der Waals surface area contributed by atoms with Crippen LogP contribution in [0.1, 0.15) is 181 Å².